The van der Waals surface area contributed by atoms with Gasteiger partial charge in [0.05, 0.1) is 0 Å². The average Bonchev–Trinajstić information content (AvgIpc) is 1.73. The summed E-state index contributed by atoms with van der Waals surface area (Å²) in [5.74, 6) is 0. The zero-order valence-electron chi connectivity index (χ0n) is 6.36. The smallest absolute Gasteiger partial charge is 1.00 e. The van der Waals surface area contributed by atoms with Crippen molar-refractivity contribution in [1.29, 1.82) is 0 Å². The minimum absolute atomic E-state index is 0. The molecule has 0 aromatic carbocycles. The van der Waals surface area contributed by atoms with E-state index >= 15 is 0 Å². The predicted octanol–water partition coefficient (Wildman–Crippen LogP) is -6.83. The zero-order valence-corrected chi connectivity index (χ0v) is 20.3. The van der Waals surface area contributed by atoms with Crippen LogP contribution in [0.1, 0.15) is 0 Å². The minimum Gasteiger partial charge on any atom is 1.00 e. The van der Waals surface area contributed by atoms with Gasteiger partial charge in [0.25, 0.3) is 0 Å². The Morgan fingerprint density at radius 1 is 0.800 bits per heavy atom. The van der Waals surface area contributed by atoms with Crippen LogP contribution in [0.15, 0.2) is 0 Å². The number of rotatable bonds is 0. The normalized spacial score (nSPS) is 25.7. The van der Waals surface area contributed by atoms with Crippen molar-refractivity contribution < 1.29 is 171 Å². The van der Waals surface area contributed by atoms with Crippen LogP contribution in [0.3, 0.4) is 0 Å². The van der Waals surface area contributed by atoms with Gasteiger partial charge in [0.1, 0.15) is 0 Å². The molecule has 0 bridgehead atoms. The summed E-state index contributed by atoms with van der Waals surface area (Å²) < 4.78 is 0. The van der Waals surface area contributed by atoms with E-state index in [0.717, 1.165) is 9.62 Å². The van der Waals surface area contributed by atoms with Gasteiger partial charge in [-0.3, -0.25) is 0 Å². The molecule has 0 aromatic rings. The SMILES string of the molecule is O.[Cl][Pt-3]1([Cl])([Cl])[CH2][CH2]1.[K+].[K+].[K+]. The first-order valence-corrected chi connectivity index (χ1v) is 13.0. The zero-order chi connectivity index (χ0) is 4.86. The summed E-state index contributed by atoms with van der Waals surface area (Å²) >= 11 is -2.88. The molecule has 2 N–H and O–H groups in total. The summed E-state index contributed by atoms with van der Waals surface area (Å²) in [6.45, 7) is 0. The van der Waals surface area contributed by atoms with Crippen molar-refractivity contribution in [3.63, 3.8) is 0 Å². The Morgan fingerprint density at radius 3 is 0.900 bits per heavy atom. The first-order valence-electron chi connectivity index (χ1n) is 1.31. The van der Waals surface area contributed by atoms with E-state index in [2.05, 4.69) is 0 Å². The van der Waals surface area contributed by atoms with Crippen molar-refractivity contribution in [3.05, 3.63) is 0 Å². The maximum Gasteiger partial charge on any atom is 1.00 e. The monoisotopic (exact) mass is 463 g/mol. The van der Waals surface area contributed by atoms with Crippen LogP contribution < -0.4 is 154 Å². The first-order chi connectivity index (χ1) is 2.47. The fourth-order valence-electron chi connectivity index (χ4n) is 0.0567. The molecule has 0 spiro atoms. The molecule has 1 fully saturated rings. The van der Waals surface area contributed by atoms with Gasteiger partial charge < -0.3 is 5.48 Å². The quantitative estimate of drug-likeness (QED) is 0.319. The molecule has 1 nitrogen and oxygen atoms in total. The van der Waals surface area contributed by atoms with Crippen molar-refractivity contribution in [2.24, 2.45) is 0 Å². The number of halogens is 3. The Bertz CT molecular complexity index is 85.5. The molecule has 1 aliphatic heterocycles. The summed E-state index contributed by atoms with van der Waals surface area (Å²) in [5.41, 5.74) is 0. The molecule has 1 aliphatic rings. The Morgan fingerprint density at radius 2 is 0.900 bits per heavy atom. The van der Waals surface area contributed by atoms with E-state index in [4.69, 9.17) is 28.3 Å². The molecule has 0 amide bonds. The van der Waals surface area contributed by atoms with E-state index in [1.165, 1.54) is 0 Å². The van der Waals surface area contributed by atoms with Crippen molar-refractivity contribution in [2.75, 3.05) is 0 Å². The van der Waals surface area contributed by atoms with Crippen molar-refractivity contribution in [3.8, 4) is 0 Å². The third kappa shape index (κ3) is 14.4. The molecule has 0 unspecified atom stereocenters. The van der Waals surface area contributed by atoms with Gasteiger partial charge in [0, 0.05) is 0 Å². The number of hydrogen-bond acceptors (Lipinski definition) is 0. The maximum atomic E-state index is 5.61. The predicted molar refractivity (Wildman–Crippen MR) is 30.8 cm³/mol. The molecule has 1 rings (SSSR count). The van der Waals surface area contributed by atoms with Crippen LogP contribution in [-0.2, 0) is 11.7 Å². The second kappa shape index (κ2) is 9.46. The molecule has 0 saturated carbocycles. The molecule has 0 aliphatic carbocycles. The van der Waals surface area contributed by atoms with Crippen LogP contribution >= 0.6 is 28.3 Å². The van der Waals surface area contributed by atoms with Gasteiger partial charge in [0.15, 0.2) is 0 Å². The molecule has 0 aromatic heterocycles. The second-order valence-electron chi connectivity index (χ2n) is 1.12. The van der Waals surface area contributed by atoms with Gasteiger partial charge in [-0.2, -0.15) is 0 Å². The van der Waals surface area contributed by atoms with Gasteiger partial charge >= 0.3 is 204 Å². The van der Waals surface area contributed by atoms with Crippen molar-refractivity contribution >= 4 is 28.3 Å². The van der Waals surface area contributed by atoms with Crippen LogP contribution in [0, 0.1) is 0 Å². The van der Waals surface area contributed by atoms with Gasteiger partial charge in [-0.25, -0.2) is 0 Å². The topological polar surface area (TPSA) is 31.5 Å². The maximum absolute atomic E-state index is 5.61. The van der Waals surface area contributed by atoms with Crippen LogP contribution in [0.4, 0.5) is 0 Å². The average molecular weight is 465 g/mol. The van der Waals surface area contributed by atoms with Crippen LogP contribution in [0.5, 0.6) is 0 Å². The molecule has 0 atom stereocenters. The molecular weight excluding hydrogens is 459 g/mol. The molecule has 10 heavy (non-hydrogen) atoms. The first kappa shape index (κ1) is 25.3. The van der Waals surface area contributed by atoms with E-state index in [1.807, 2.05) is 0 Å². The molecule has 1 heterocycles. The molecular formula is C2H6Cl3K3OPt. The molecule has 0 radical (unpaired) electrons. The Hall–Kier alpha value is 6.43. The van der Waals surface area contributed by atoms with Crippen molar-refractivity contribution in [1.82, 2.24) is 0 Å². The summed E-state index contributed by atoms with van der Waals surface area (Å²) in [6.07, 6.45) is 0. The summed E-state index contributed by atoms with van der Waals surface area (Å²) in [7, 11) is 16.8. The van der Waals surface area contributed by atoms with Gasteiger partial charge in [-0.05, 0) is 0 Å². The van der Waals surface area contributed by atoms with Crippen LogP contribution in [0.2, 0.25) is 9.62 Å². The Labute approximate surface area is 202 Å². The van der Waals surface area contributed by atoms with Gasteiger partial charge in [-0.1, -0.05) is 0 Å². The van der Waals surface area contributed by atoms with Crippen LogP contribution in [-0.4, -0.2) is 5.48 Å². The van der Waals surface area contributed by atoms with E-state index < -0.39 is 11.7 Å². The Balaban J connectivity index is -0.0000000450. The molecule has 1 saturated heterocycles. The summed E-state index contributed by atoms with van der Waals surface area (Å²) in [4.78, 5) is 1.80. The standard InChI is InChI=1S/C2H4.3ClH.3K.H2O.Pt/c1-2;;;;;;;;/h1-2H2;3*1H;;;;1H2;/q;;;;3*+1;;/p-3. The van der Waals surface area contributed by atoms with E-state index in [9.17, 15) is 0 Å². The van der Waals surface area contributed by atoms with E-state index in [0.29, 0.717) is 0 Å². The number of hydrogen-bond donors (Lipinski definition) is 0. The van der Waals surface area contributed by atoms with Crippen molar-refractivity contribution in [2.45, 2.75) is 9.62 Å². The second-order valence-corrected chi connectivity index (χ2v) is 26.3. The largest absolute Gasteiger partial charge is 1.00 e. The molecule has 54 valence electrons. The minimum atomic E-state index is -2.88. The third-order valence-corrected chi connectivity index (χ3v) is 10.1. The van der Waals surface area contributed by atoms with Gasteiger partial charge in [-0.15, -0.1) is 0 Å². The van der Waals surface area contributed by atoms with Crippen LogP contribution in [0.25, 0.3) is 0 Å². The van der Waals surface area contributed by atoms with E-state index in [-0.39, 0.29) is 160 Å². The fraction of sp³-hybridized carbons (Fsp3) is 1.00. The third-order valence-electron chi connectivity index (χ3n) is 0.517. The molecule has 8 heteroatoms. The fourth-order valence-corrected chi connectivity index (χ4v) is 11.4. The summed E-state index contributed by atoms with van der Waals surface area (Å²) in [5, 5.41) is 0. The van der Waals surface area contributed by atoms with Gasteiger partial charge in [0.2, 0.25) is 0 Å². The summed E-state index contributed by atoms with van der Waals surface area (Å²) in [6, 6.07) is 0. The van der Waals surface area contributed by atoms with E-state index in [1.54, 1.807) is 0 Å². The Kier molecular flexibility index (Phi) is 23.9.